The monoisotopic (exact) mass is 628 g/mol. The Morgan fingerprint density at radius 2 is 0.815 bits per heavy atom. The molecule has 130 valence electrons. The molecule has 0 spiro atoms. The minimum atomic E-state index is 0.0650. The Kier molecular flexibility index (Phi) is 6.19. The maximum atomic E-state index is 4.63. The molecule has 3 aromatic heterocycles. The zero-order valence-electron chi connectivity index (χ0n) is 14.3. The normalized spacial score (nSPS) is 11.6. The Morgan fingerprint density at radius 3 is 1.07 bits per heavy atom. The fourth-order valence-corrected chi connectivity index (χ4v) is 2.94. The fourth-order valence-electron chi connectivity index (χ4n) is 2.94. The Balaban J connectivity index is 0.000000565. The molecule has 7 heteroatoms. The van der Waals surface area contributed by atoms with Crippen molar-refractivity contribution in [2.45, 2.75) is 0 Å². The number of halogens is 2. The Bertz CT molecular complexity index is 1020. The zero-order chi connectivity index (χ0) is 18.6. The standard InChI is InChI=1S/C20H14N4.2HI.Zn/c1-2-14-10-16-5-6-18(23-16)12-20-8-7-19(24-20)11-17-4-3-15(22-17)9-13(1)21-14;;;/h1-12,21,24H;2*1H;/q;;;+2/p-2. The van der Waals surface area contributed by atoms with Gasteiger partial charge in [-0.2, -0.15) is 0 Å². The van der Waals surface area contributed by atoms with Crippen molar-refractivity contribution in [2.75, 3.05) is 0 Å². The van der Waals surface area contributed by atoms with E-state index in [1.807, 2.05) is 48.6 Å². The number of fused-ring (bicyclic) bond motifs is 8. The van der Waals surface area contributed by atoms with Gasteiger partial charge in [-0.3, -0.25) is 0 Å². The number of nitrogens with zero attached hydrogens (tertiary/aromatic N) is 2. The van der Waals surface area contributed by atoms with E-state index in [1.165, 1.54) is 0 Å². The molecule has 2 aliphatic rings. The van der Waals surface area contributed by atoms with Gasteiger partial charge in [0.15, 0.2) is 0 Å². The summed E-state index contributed by atoms with van der Waals surface area (Å²) in [5.41, 5.74) is 7.86. The summed E-state index contributed by atoms with van der Waals surface area (Å²) in [5.74, 6) is 0. The zero-order valence-corrected chi connectivity index (χ0v) is 21.6. The molecule has 0 saturated heterocycles. The van der Waals surface area contributed by atoms with Crippen molar-refractivity contribution >= 4 is 85.9 Å². The summed E-state index contributed by atoms with van der Waals surface area (Å²) >= 11 is 4.93. The third-order valence-electron chi connectivity index (χ3n) is 4.04. The average Bonchev–Trinajstić information content (AvgIpc) is 3.41. The molecule has 5 heterocycles. The van der Waals surface area contributed by atoms with E-state index in [9.17, 15) is 0 Å². The van der Waals surface area contributed by atoms with Gasteiger partial charge in [-0.25, -0.2) is 9.97 Å². The summed E-state index contributed by atoms with van der Waals surface area (Å²) in [6.45, 7) is 0. The first kappa shape index (κ1) is 19.0. The molecule has 0 unspecified atom stereocenters. The first-order valence-electron chi connectivity index (χ1n) is 8.38. The van der Waals surface area contributed by atoms with E-state index >= 15 is 0 Å². The SMILES string of the molecule is C1=Cc2cc3ccc(cc4nc(cc5ccc(cc1n2)[nH]5)C=C4)[nH]3.[I][Zn][I]. The summed E-state index contributed by atoms with van der Waals surface area (Å²) < 4.78 is 0. The van der Waals surface area contributed by atoms with Crippen molar-refractivity contribution in [3.8, 4) is 0 Å². The predicted molar refractivity (Wildman–Crippen MR) is 127 cm³/mol. The van der Waals surface area contributed by atoms with Gasteiger partial charge in [0.1, 0.15) is 0 Å². The molecule has 0 atom stereocenters. The van der Waals surface area contributed by atoms with Crippen LogP contribution >= 0.6 is 39.5 Å². The summed E-state index contributed by atoms with van der Waals surface area (Å²) in [4.78, 5) is 16.0. The molecule has 0 saturated carbocycles. The van der Waals surface area contributed by atoms with Crippen LogP contribution in [0.1, 0.15) is 22.8 Å². The van der Waals surface area contributed by atoms with Gasteiger partial charge in [-0.1, -0.05) is 0 Å². The van der Waals surface area contributed by atoms with Crippen molar-refractivity contribution in [3.05, 3.63) is 71.3 Å². The van der Waals surface area contributed by atoms with Crippen LogP contribution in [0.15, 0.2) is 48.5 Å². The second-order valence-corrected chi connectivity index (χ2v) is 29.5. The second kappa shape index (κ2) is 8.79. The van der Waals surface area contributed by atoms with Gasteiger partial charge in [-0.05, 0) is 72.8 Å². The van der Waals surface area contributed by atoms with Crippen LogP contribution < -0.4 is 0 Å². The summed E-state index contributed by atoms with van der Waals surface area (Å²) in [6, 6.07) is 16.4. The van der Waals surface area contributed by atoms with E-state index in [2.05, 4.69) is 83.7 Å². The quantitative estimate of drug-likeness (QED) is 0.153. The summed E-state index contributed by atoms with van der Waals surface area (Å²) in [6.07, 6.45) is 8.09. The Labute approximate surface area is 185 Å². The first-order chi connectivity index (χ1) is 13.2. The van der Waals surface area contributed by atoms with Crippen molar-refractivity contribution in [1.29, 1.82) is 0 Å². The molecule has 0 fully saturated rings. The number of nitrogens with one attached hydrogen (secondary N) is 2. The first-order valence-corrected chi connectivity index (χ1v) is 26.5. The van der Waals surface area contributed by atoms with Gasteiger partial charge in [0.05, 0.1) is 22.8 Å². The fraction of sp³-hybridized carbons (Fsp3) is 0. The van der Waals surface area contributed by atoms with E-state index in [-0.39, 0.29) is 10.1 Å². The molecular formula is C20H14I2N4Zn. The maximum absolute atomic E-state index is 4.63. The van der Waals surface area contributed by atoms with Gasteiger partial charge < -0.3 is 9.97 Å². The molecule has 5 rings (SSSR count). The number of H-pyrrole nitrogens is 2. The molecule has 27 heavy (non-hydrogen) atoms. The summed E-state index contributed by atoms with van der Waals surface area (Å²) in [7, 11) is 0.0650. The second-order valence-electron chi connectivity index (χ2n) is 6.01. The van der Waals surface area contributed by atoms with Crippen LogP contribution in [-0.2, 0) is 10.1 Å². The number of aromatic nitrogens is 4. The van der Waals surface area contributed by atoms with Crippen LogP contribution in [0.4, 0.5) is 0 Å². The molecule has 0 aliphatic carbocycles. The van der Waals surface area contributed by atoms with Gasteiger partial charge in [0.25, 0.3) is 0 Å². The van der Waals surface area contributed by atoms with Crippen molar-refractivity contribution in [2.24, 2.45) is 0 Å². The molecule has 2 N–H and O–H groups in total. The van der Waals surface area contributed by atoms with Crippen LogP contribution in [-0.4, -0.2) is 19.9 Å². The van der Waals surface area contributed by atoms with Crippen LogP contribution in [0.3, 0.4) is 0 Å². The summed E-state index contributed by atoms with van der Waals surface area (Å²) in [5, 5.41) is 0. The van der Waals surface area contributed by atoms with Gasteiger partial charge in [-0.15, -0.1) is 0 Å². The molecule has 2 aliphatic heterocycles. The molecule has 8 bridgehead atoms. The molecule has 0 amide bonds. The average molecular weight is 630 g/mol. The van der Waals surface area contributed by atoms with Gasteiger partial charge in [0.2, 0.25) is 0 Å². The van der Waals surface area contributed by atoms with Crippen LogP contribution in [0.25, 0.3) is 46.4 Å². The van der Waals surface area contributed by atoms with E-state index in [4.69, 9.17) is 0 Å². The number of aromatic amines is 2. The van der Waals surface area contributed by atoms with E-state index in [1.54, 1.807) is 0 Å². The molecule has 3 aromatic rings. The number of hydrogen-bond donors (Lipinski definition) is 2. The van der Waals surface area contributed by atoms with E-state index in [0.29, 0.717) is 0 Å². The van der Waals surface area contributed by atoms with Crippen LogP contribution in [0.2, 0.25) is 0 Å². The minimum absolute atomic E-state index is 0.0650. The third-order valence-corrected chi connectivity index (χ3v) is 4.04. The molecular weight excluding hydrogens is 615 g/mol. The molecule has 4 nitrogen and oxygen atoms in total. The molecule has 0 aromatic carbocycles. The van der Waals surface area contributed by atoms with Crippen molar-refractivity contribution in [3.63, 3.8) is 0 Å². The third kappa shape index (κ3) is 4.94. The predicted octanol–water partition coefficient (Wildman–Crippen LogP) is 6.42. The van der Waals surface area contributed by atoms with Gasteiger partial charge in [0, 0.05) is 22.1 Å². The van der Waals surface area contributed by atoms with Crippen LogP contribution in [0, 0.1) is 0 Å². The van der Waals surface area contributed by atoms with E-state index < -0.39 is 0 Å². The van der Waals surface area contributed by atoms with Crippen LogP contribution in [0.5, 0.6) is 0 Å². The Hall–Kier alpha value is -1.32. The number of rotatable bonds is 0. The topological polar surface area (TPSA) is 57.4 Å². The number of hydrogen-bond acceptors (Lipinski definition) is 2. The van der Waals surface area contributed by atoms with Gasteiger partial charge >= 0.3 is 49.6 Å². The van der Waals surface area contributed by atoms with E-state index in [0.717, 1.165) is 44.8 Å². The Morgan fingerprint density at radius 1 is 0.556 bits per heavy atom. The van der Waals surface area contributed by atoms with Crippen molar-refractivity contribution in [1.82, 2.24) is 19.9 Å². The van der Waals surface area contributed by atoms with Crippen molar-refractivity contribution < 1.29 is 10.1 Å². The molecule has 0 radical (unpaired) electrons.